The maximum absolute atomic E-state index is 11.8. The standard InChI is InChI=1S/C18H23N5O2/c1-22-8-9-23(12-18(22)24)17-11-16(20-14-21-17)19-7-10-25-13-15-5-3-2-4-6-15/h2-6,11,14H,7-10,12-13H2,1H3,(H,19,20,21). The van der Waals surface area contributed by atoms with Crippen LogP contribution in [0.25, 0.3) is 0 Å². The Hall–Kier alpha value is -2.67. The van der Waals surface area contributed by atoms with Crippen molar-refractivity contribution in [3.8, 4) is 0 Å². The lowest BCUT2D eigenvalue weighted by molar-refractivity contribution is -0.129. The molecule has 1 aromatic carbocycles. The number of piperazine rings is 1. The summed E-state index contributed by atoms with van der Waals surface area (Å²) in [6, 6.07) is 12.0. The van der Waals surface area contributed by atoms with Crippen LogP contribution < -0.4 is 10.2 Å². The largest absolute Gasteiger partial charge is 0.375 e. The molecule has 1 fully saturated rings. The van der Waals surface area contributed by atoms with E-state index in [1.165, 1.54) is 6.33 Å². The van der Waals surface area contributed by atoms with Gasteiger partial charge in [0.25, 0.3) is 0 Å². The number of carbonyl (C=O) groups is 1. The molecule has 2 aromatic rings. The van der Waals surface area contributed by atoms with E-state index in [1.54, 1.807) is 4.90 Å². The molecule has 0 radical (unpaired) electrons. The zero-order valence-electron chi connectivity index (χ0n) is 14.4. The summed E-state index contributed by atoms with van der Waals surface area (Å²) in [5.74, 6) is 1.61. The molecule has 1 aliphatic heterocycles. The minimum Gasteiger partial charge on any atom is -0.375 e. The molecule has 1 N–H and O–H groups in total. The molecule has 7 nitrogen and oxygen atoms in total. The summed E-state index contributed by atoms with van der Waals surface area (Å²) in [6.07, 6.45) is 1.52. The summed E-state index contributed by atoms with van der Waals surface area (Å²) in [7, 11) is 1.82. The first kappa shape index (κ1) is 17.2. The van der Waals surface area contributed by atoms with Crippen LogP contribution in [0.5, 0.6) is 0 Å². The third kappa shape index (κ3) is 4.90. The fourth-order valence-electron chi connectivity index (χ4n) is 2.59. The van der Waals surface area contributed by atoms with E-state index in [9.17, 15) is 4.79 Å². The Kier molecular flexibility index (Phi) is 5.79. The van der Waals surface area contributed by atoms with Crippen LogP contribution in [0.4, 0.5) is 11.6 Å². The second-order valence-corrected chi connectivity index (χ2v) is 5.96. The Bertz CT molecular complexity index is 695. The van der Waals surface area contributed by atoms with Crippen LogP contribution >= 0.6 is 0 Å². The zero-order chi connectivity index (χ0) is 17.5. The van der Waals surface area contributed by atoms with Crippen LogP contribution in [0.15, 0.2) is 42.7 Å². The van der Waals surface area contributed by atoms with Crippen LogP contribution in [0.2, 0.25) is 0 Å². The molecule has 1 amide bonds. The van der Waals surface area contributed by atoms with Gasteiger partial charge in [0.05, 0.1) is 19.8 Å². The maximum atomic E-state index is 11.8. The average Bonchev–Trinajstić information content (AvgIpc) is 2.65. The highest BCUT2D eigenvalue weighted by Crippen LogP contribution is 2.16. The summed E-state index contributed by atoms with van der Waals surface area (Å²) < 4.78 is 5.65. The number of anilines is 2. The van der Waals surface area contributed by atoms with Crippen molar-refractivity contribution in [3.63, 3.8) is 0 Å². The molecular weight excluding hydrogens is 318 g/mol. The fourth-order valence-corrected chi connectivity index (χ4v) is 2.59. The van der Waals surface area contributed by atoms with Crippen molar-refractivity contribution in [1.82, 2.24) is 14.9 Å². The normalized spacial score (nSPS) is 14.7. The van der Waals surface area contributed by atoms with Gasteiger partial charge in [0.15, 0.2) is 0 Å². The van der Waals surface area contributed by atoms with Crippen molar-refractivity contribution in [1.29, 1.82) is 0 Å². The lowest BCUT2D eigenvalue weighted by atomic mass is 10.2. The van der Waals surface area contributed by atoms with Gasteiger partial charge < -0.3 is 19.9 Å². The minimum atomic E-state index is 0.105. The van der Waals surface area contributed by atoms with Gasteiger partial charge in [-0.2, -0.15) is 0 Å². The highest BCUT2D eigenvalue weighted by molar-refractivity contribution is 5.82. The lowest BCUT2D eigenvalue weighted by Gasteiger charge is -2.32. The molecular formula is C18H23N5O2. The van der Waals surface area contributed by atoms with Crippen LogP contribution in [-0.4, -0.2) is 60.6 Å². The highest BCUT2D eigenvalue weighted by Gasteiger charge is 2.22. The maximum Gasteiger partial charge on any atom is 0.241 e. The van der Waals surface area contributed by atoms with Crippen LogP contribution in [0.3, 0.4) is 0 Å². The number of likely N-dealkylation sites (N-methyl/N-ethyl adjacent to an activating group) is 1. The van der Waals surface area contributed by atoms with Gasteiger partial charge in [0.1, 0.15) is 18.0 Å². The van der Waals surface area contributed by atoms with Crippen molar-refractivity contribution in [3.05, 3.63) is 48.3 Å². The van der Waals surface area contributed by atoms with Gasteiger partial charge in [0.2, 0.25) is 5.91 Å². The molecule has 0 spiro atoms. The average molecular weight is 341 g/mol. The van der Waals surface area contributed by atoms with Crippen molar-refractivity contribution in [2.75, 3.05) is 50.1 Å². The van der Waals surface area contributed by atoms with Gasteiger partial charge in [-0.3, -0.25) is 4.79 Å². The molecule has 0 aliphatic carbocycles. The molecule has 25 heavy (non-hydrogen) atoms. The molecule has 1 aliphatic rings. The van der Waals surface area contributed by atoms with E-state index in [2.05, 4.69) is 15.3 Å². The Morgan fingerprint density at radius 1 is 1.20 bits per heavy atom. The molecule has 132 valence electrons. The van der Waals surface area contributed by atoms with E-state index >= 15 is 0 Å². The van der Waals surface area contributed by atoms with E-state index in [-0.39, 0.29) is 5.91 Å². The molecule has 1 aromatic heterocycles. The van der Waals surface area contributed by atoms with Gasteiger partial charge in [-0.25, -0.2) is 9.97 Å². The first-order valence-corrected chi connectivity index (χ1v) is 8.39. The number of rotatable bonds is 7. The second-order valence-electron chi connectivity index (χ2n) is 5.96. The van der Waals surface area contributed by atoms with Gasteiger partial charge in [-0.1, -0.05) is 30.3 Å². The topological polar surface area (TPSA) is 70.6 Å². The number of amides is 1. The number of nitrogens with zero attached hydrogens (tertiary/aromatic N) is 4. The number of hydrogen-bond acceptors (Lipinski definition) is 6. The van der Waals surface area contributed by atoms with E-state index in [0.717, 1.165) is 23.7 Å². The predicted octanol–water partition coefficient (Wildman–Crippen LogP) is 1.38. The third-order valence-corrected chi connectivity index (χ3v) is 4.10. The predicted molar refractivity (Wildman–Crippen MR) is 96.5 cm³/mol. The van der Waals surface area contributed by atoms with Gasteiger partial charge in [-0.05, 0) is 5.56 Å². The van der Waals surface area contributed by atoms with E-state index < -0.39 is 0 Å². The minimum absolute atomic E-state index is 0.105. The SMILES string of the molecule is CN1CCN(c2cc(NCCOCc3ccccc3)ncn2)CC1=O. The summed E-state index contributed by atoms with van der Waals surface area (Å²) >= 11 is 0. The molecule has 0 saturated carbocycles. The van der Waals surface area contributed by atoms with Crippen LogP contribution in [0, 0.1) is 0 Å². The molecule has 2 heterocycles. The van der Waals surface area contributed by atoms with Gasteiger partial charge in [-0.15, -0.1) is 0 Å². The molecule has 0 unspecified atom stereocenters. The Balaban J connectivity index is 1.45. The van der Waals surface area contributed by atoms with Gasteiger partial charge in [0, 0.05) is 32.7 Å². The van der Waals surface area contributed by atoms with Crippen molar-refractivity contribution in [2.45, 2.75) is 6.61 Å². The summed E-state index contributed by atoms with van der Waals surface area (Å²) in [5, 5.41) is 3.23. The second kappa shape index (κ2) is 8.43. The Morgan fingerprint density at radius 2 is 2.04 bits per heavy atom. The Morgan fingerprint density at radius 3 is 2.84 bits per heavy atom. The quantitative estimate of drug-likeness (QED) is 0.768. The zero-order valence-corrected chi connectivity index (χ0v) is 14.4. The fraction of sp³-hybridized carbons (Fsp3) is 0.389. The van der Waals surface area contributed by atoms with E-state index in [1.807, 2.05) is 48.3 Å². The van der Waals surface area contributed by atoms with Crippen molar-refractivity contribution < 1.29 is 9.53 Å². The third-order valence-electron chi connectivity index (χ3n) is 4.10. The van der Waals surface area contributed by atoms with E-state index in [4.69, 9.17) is 4.74 Å². The first-order chi connectivity index (χ1) is 12.2. The molecule has 3 rings (SSSR count). The lowest BCUT2D eigenvalue weighted by Crippen LogP contribution is -2.48. The number of hydrogen-bond donors (Lipinski definition) is 1. The van der Waals surface area contributed by atoms with E-state index in [0.29, 0.717) is 32.8 Å². The number of nitrogens with one attached hydrogen (secondary N) is 1. The number of benzene rings is 1. The van der Waals surface area contributed by atoms with Crippen molar-refractivity contribution >= 4 is 17.5 Å². The molecule has 0 bridgehead atoms. The molecule has 0 atom stereocenters. The first-order valence-electron chi connectivity index (χ1n) is 8.39. The summed E-state index contributed by atoms with van der Waals surface area (Å²) in [6.45, 7) is 3.68. The highest BCUT2D eigenvalue weighted by atomic mass is 16.5. The summed E-state index contributed by atoms with van der Waals surface area (Å²) in [4.78, 5) is 24.0. The van der Waals surface area contributed by atoms with Gasteiger partial charge >= 0.3 is 0 Å². The Labute approximate surface area is 147 Å². The van der Waals surface area contributed by atoms with Crippen LogP contribution in [0.1, 0.15) is 5.56 Å². The number of ether oxygens (including phenoxy) is 1. The summed E-state index contributed by atoms with van der Waals surface area (Å²) in [5.41, 5.74) is 1.16. The smallest absolute Gasteiger partial charge is 0.241 e. The van der Waals surface area contributed by atoms with Crippen LogP contribution in [-0.2, 0) is 16.1 Å². The molecule has 1 saturated heterocycles. The number of aromatic nitrogens is 2. The molecule has 7 heteroatoms. The van der Waals surface area contributed by atoms with Crippen molar-refractivity contribution in [2.24, 2.45) is 0 Å². The number of carbonyl (C=O) groups excluding carboxylic acids is 1. The monoisotopic (exact) mass is 341 g/mol.